The van der Waals surface area contributed by atoms with Gasteiger partial charge in [0.25, 0.3) is 0 Å². The van der Waals surface area contributed by atoms with Crippen molar-refractivity contribution in [2.45, 2.75) is 31.8 Å². The van der Waals surface area contributed by atoms with E-state index in [9.17, 15) is 0 Å². The summed E-state index contributed by atoms with van der Waals surface area (Å²) < 4.78 is 0. The number of nitrogens with zero attached hydrogens (tertiary/aromatic N) is 3. The minimum atomic E-state index is 0.106. The van der Waals surface area contributed by atoms with E-state index in [1.54, 1.807) is 0 Å². The van der Waals surface area contributed by atoms with E-state index in [1.807, 2.05) is 0 Å². The third kappa shape index (κ3) is 1.92. The maximum atomic E-state index is 6.99. The van der Waals surface area contributed by atoms with Crippen molar-refractivity contribution < 1.29 is 0 Å². The summed E-state index contributed by atoms with van der Waals surface area (Å²) >= 11 is 0. The SMILES string of the molecule is [C-]#[N+]CC1(N(C)C)CN(C(C)(C)C)C1. The van der Waals surface area contributed by atoms with Crippen LogP contribution in [-0.4, -0.2) is 54.6 Å². The first-order chi connectivity index (χ1) is 6.32. The average Bonchev–Trinajstić information content (AvgIpc) is 1.92. The van der Waals surface area contributed by atoms with Crippen molar-refractivity contribution >= 4 is 0 Å². The van der Waals surface area contributed by atoms with Gasteiger partial charge in [-0.2, -0.15) is 0 Å². The average molecular weight is 195 g/mol. The van der Waals surface area contributed by atoms with Crippen molar-refractivity contribution in [2.75, 3.05) is 33.7 Å². The number of rotatable bonds is 2. The number of likely N-dealkylation sites (N-methyl/N-ethyl adjacent to an activating group) is 1. The summed E-state index contributed by atoms with van der Waals surface area (Å²) in [7, 11) is 4.15. The van der Waals surface area contributed by atoms with Gasteiger partial charge in [0.15, 0.2) is 0 Å². The molecule has 0 bridgehead atoms. The lowest BCUT2D eigenvalue weighted by molar-refractivity contribution is -0.0666. The summed E-state index contributed by atoms with van der Waals surface area (Å²) in [5.41, 5.74) is 0.344. The van der Waals surface area contributed by atoms with E-state index >= 15 is 0 Å². The monoisotopic (exact) mass is 195 g/mol. The summed E-state index contributed by atoms with van der Waals surface area (Å²) in [6.07, 6.45) is 0. The summed E-state index contributed by atoms with van der Waals surface area (Å²) in [6.45, 7) is 16.3. The van der Waals surface area contributed by atoms with Crippen LogP contribution in [0.2, 0.25) is 0 Å². The summed E-state index contributed by atoms with van der Waals surface area (Å²) in [5, 5.41) is 0. The molecule has 0 unspecified atom stereocenters. The molecule has 0 aromatic carbocycles. The van der Waals surface area contributed by atoms with Crippen molar-refractivity contribution in [3.8, 4) is 0 Å². The Kier molecular flexibility index (Phi) is 2.89. The van der Waals surface area contributed by atoms with Crippen molar-refractivity contribution in [1.29, 1.82) is 0 Å². The highest BCUT2D eigenvalue weighted by Gasteiger charge is 2.50. The molecule has 0 saturated carbocycles. The van der Waals surface area contributed by atoms with Crippen molar-refractivity contribution in [1.82, 2.24) is 9.80 Å². The lowest BCUT2D eigenvalue weighted by atomic mass is 9.84. The summed E-state index contributed by atoms with van der Waals surface area (Å²) in [6, 6.07) is 0. The smallest absolute Gasteiger partial charge is 0.235 e. The van der Waals surface area contributed by atoms with Crippen molar-refractivity contribution in [3.63, 3.8) is 0 Å². The van der Waals surface area contributed by atoms with Crippen LogP contribution in [0.4, 0.5) is 0 Å². The van der Waals surface area contributed by atoms with Crippen LogP contribution in [0.1, 0.15) is 20.8 Å². The van der Waals surface area contributed by atoms with Gasteiger partial charge in [0.2, 0.25) is 6.54 Å². The van der Waals surface area contributed by atoms with Crippen LogP contribution < -0.4 is 0 Å². The maximum absolute atomic E-state index is 6.99. The number of hydrogen-bond donors (Lipinski definition) is 0. The van der Waals surface area contributed by atoms with E-state index in [4.69, 9.17) is 6.57 Å². The lowest BCUT2D eigenvalue weighted by Gasteiger charge is -2.55. The summed E-state index contributed by atoms with van der Waals surface area (Å²) in [4.78, 5) is 8.18. The fourth-order valence-corrected chi connectivity index (χ4v) is 1.81. The Morgan fingerprint density at radius 2 is 1.86 bits per heavy atom. The molecule has 3 nitrogen and oxygen atoms in total. The van der Waals surface area contributed by atoms with E-state index < -0.39 is 0 Å². The Hall–Kier alpha value is -0.590. The van der Waals surface area contributed by atoms with Crippen LogP contribution in [0.15, 0.2) is 0 Å². The molecule has 80 valence electrons. The fraction of sp³-hybridized carbons (Fsp3) is 0.909. The lowest BCUT2D eigenvalue weighted by Crippen LogP contribution is -2.73. The molecule has 1 saturated heterocycles. The third-order valence-corrected chi connectivity index (χ3v) is 3.24. The molecule has 0 spiro atoms. The zero-order chi connectivity index (χ0) is 11.0. The molecule has 0 N–H and O–H groups in total. The Balaban J connectivity index is 2.61. The van der Waals surface area contributed by atoms with Crippen LogP contribution in [0, 0.1) is 6.57 Å². The number of hydrogen-bond acceptors (Lipinski definition) is 2. The zero-order valence-electron chi connectivity index (χ0n) is 9.96. The molecule has 1 rings (SSSR count). The molecule has 3 heteroatoms. The molecule has 1 fully saturated rings. The maximum Gasteiger partial charge on any atom is 0.235 e. The highest BCUT2D eigenvalue weighted by Crippen LogP contribution is 2.32. The Morgan fingerprint density at radius 1 is 1.36 bits per heavy atom. The van der Waals surface area contributed by atoms with Crippen LogP contribution in [0.25, 0.3) is 4.85 Å². The fourth-order valence-electron chi connectivity index (χ4n) is 1.81. The normalized spacial score (nSPS) is 21.8. The van der Waals surface area contributed by atoms with Gasteiger partial charge in [-0.15, -0.1) is 0 Å². The molecular weight excluding hydrogens is 174 g/mol. The quantitative estimate of drug-likeness (QED) is 0.615. The first-order valence-corrected chi connectivity index (χ1v) is 5.07. The topological polar surface area (TPSA) is 10.8 Å². The predicted octanol–water partition coefficient (Wildman–Crippen LogP) is 1.32. The van der Waals surface area contributed by atoms with Crippen molar-refractivity contribution in [3.05, 3.63) is 11.4 Å². The Bertz CT molecular complexity index is 238. The van der Waals surface area contributed by atoms with E-state index in [0.717, 1.165) is 13.1 Å². The van der Waals surface area contributed by atoms with Crippen LogP contribution in [-0.2, 0) is 0 Å². The predicted molar refractivity (Wildman–Crippen MR) is 59.2 cm³/mol. The van der Waals surface area contributed by atoms with Gasteiger partial charge in [0.1, 0.15) is 5.54 Å². The van der Waals surface area contributed by atoms with Gasteiger partial charge in [-0.25, -0.2) is 6.57 Å². The second kappa shape index (κ2) is 3.52. The second-order valence-electron chi connectivity index (χ2n) is 5.46. The molecule has 1 aliphatic heterocycles. The van der Waals surface area contributed by atoms with Gasteiger partial charge in [-0.3, -0.25) is 9.80 Å². The molecule has 1 heterocycles. The minimum Gasteiger partial charge on any atom is -0.315 e. The number of likely N-dealkylation sites (tertiary alicyclic amines) is 1. The van der Waals surface area contributed by atoms with Gasteiger partial charge in [-0.1, -0.05) is 0 Å². The van der Waals surface area contributed by atoms with Gasteiger partial charge >= 0.3 is 0 Å². The van der Waals surface area contributed by atoms with Crippen LogP contribution >= 0.6 is 0 Å². The molecule has 0 amide bonds. The zero-order valence-corrected chi connectivity index (χ0v) is 9.96. The Labute approximate surface area is 87.5 Å². The van der Waals surface area contributed by atoms with E-state index in [0.29, 0.717) is 6.54 Å². The second-order valence-corrected chi connectivity index (χ2v) is 5.46. The summed E-state index contributed by atoms with van der Waals surface area (Å²) in [5.74, 6) is 0. The van der Waals surface area contributed by atoms with Gasteiger partial charge in [0.05, 0.1) is 0 Å². The van der Waals surface area contributed by atoms with E-state index in [2.05, 4.69) is 49.5 Å². The molecule has 1 aliphatic rings. The minimum absolute atomic E-state index is 0.106. The first-order valence-electron chi connectivity index (χ1n) is 5.07. The van der Waals surface area contributed by atoms with Crippen LogP contribution in [0.3, 0.4) is 0 Å². The van der Waals surface area contributed by atoms with Crippen LogP contribution in [0.5, 0.6) is 0 Å². The molecule has 0 atom stereocenters. The van der Waals surface area contributed by atoms with E-state index in [-0.39, 0.29) is 11.1 Å². The highest BCUT2D eigenvalue weighted by molar-refractivity contribution is 5.09. The molecule has 0 aromatic heterocycles. The molecule has 0 aliphatic carbocycles. The highest BCUT2D eigenvalue weighted by atomic mass is 15.4. The Morgan fingerprint density at radius 3 is 2.14 bits per heavy atom. The van der Waals surface area contributed by atoms with Gasteiger partial charge < -0.3 is 4.85 Å². The molecule has 14 heavy (non-hydrogen) atoms. The van der Waals surface area contributed by atoms with Crippen molar-refractivity contribution in [2.24, 2.45) is 0 Å². The largest absolute Gasteiger partial charge is 0.315 e. The molecular formula is C11H21N3. The standard InChI is InChI=1S/C11H21N3/c1-10(2,3)14-8-11(9-14,7-12-4)13(5)6/h7-9H2,1-3,5-6H3. The molecule has 0 radical (unpaired) electrons. The van der Waals surface area contributed by atoms with Gasteiger partial charge in [0, 0.05) is 18.6 Å². The third-order valence-electron chi connectivity index (χ3n) is 3.24. The first kappa shape index (κ1) is 11.5. The van der Waals surface area contributed by atoms with E-state index in [1.165, 1.54) is 0 Å². The van der Waals surface area contributed by atoms with Gasteiger partial charge in [-0.05, 0) is 34.9 Å². The molecule has 0 aromatic rings.